The predicted octanol–water partition coefficient (Wildman–Crippen LogP) is 9.21. The van der Waals surface area contributed by atoms with E-state index in [9.17, 15) is 0 Å². The van der Waals surface area contributed by atoms with Gasteiger partial charge in [0.15, 0.2) is 0 Å². The van der Waals surface area contributed by atoms with Gasteiger partial charge in [0.2, 0.25) is 0 Å². The van der Waals surface area contributed by atoms with Crippen molar-refractivity contribution >= 4 is 44.0 Å². The third kappa shape index (κ3) is 8.53. The maximum atomic E-state index is 6.02. The zero-order valence-electron chi connectivity index (χ0n) is 17.1. The number of halogens is 2. The smallest absolute Gasteiger partial charge is 0.134 e. The molecule has 0 N–H and O–H groups in total. The van der Waals surface area contributed by atoms with E-state index in [1.54, 1.807) is 0 Å². The minimum Gasteiger partial charge on any atom is -0.492 e. The van der Waals surface area contributed by atoms with Gasteiger partial charge in [-0.3, -0.25) is 0 Å². The Morgan fingerprint density at radius 1 is 0.750 bits per heavy atom. The topological polar surface area (TPSA) is 9.23 Å². The molecule has 28 heavy (non-hydrogen) atoms. The Labute approximate surface area is 187 Å². The van der Waals surface area contributed by atoms with Crippen LogP contribution in [0.3, 0.4) is 0 Å². The quantitative estimate of drug-likeness (QED) is 0.205. The van der Waals surface area contributed by atoms with Crippen LogP contribution in [0.1, 0.15) is 75.0 Å². The number of rotatable bonds is 12. The molecule has 0 amide bonds. The first-order chi connectivity index (χ1) is 13.6. The lowest BCUT2D eigenvalue weighted by Gasteiger charge is -2.09. The third-order valence-corrected chi connectivity index (χ3v) is 6.41. The van der Waals surface area contributed by atoms with E-state index in [0.717, 1.165) is 33.3 Å². The summed E-state index contributed by atoms with van der Waals surface area (Å²) in [6, 6.07) is 12.7. The molecular weight excluding hydrogens is 476 g/mol. The number of hydrogen-bond acceptors (Lipinski definition) is 1. The second kappa shape index (κ2) is 13.2. The Bertz CT molecular complexity index is 752. The van der Waals surface area contributed by atoms with Gasteiger partial charge in [-0.25, -0.2) is 0 Å². The van der Waals surface area contributed by atoms with E-state index in [0.29, 0.717) is 0 Å². The van der Waals surface area contributed by atoms with Crippen LogP contribution in [0.4, 0.5) is 0 Å². The molecular formula is C25H32Br2O. The van der Waals surface area contributed by atoms with Crippen LogP contribution in [0.15, 0.2) is 45.3 Å². The van der Waals surface area contributed by atoms with Crippen molar-refractivity contribution in [2.45, 2.75) is 65.2 Å². The van der Waals surface area contributed by atoms with E-state index in [2.05, 4.69) is 94.3 Å². The van der Waals surface area contributed by atoms with Crippen LogP contribution in [0, 0.1) is 6.92 Å². The molecule has 0 saturated carbocycles. The van der Waals surface area contributed by atoms with Gasteiger partial charge in [0.1, 0.15) is 5.75 Å². The summed E-state index contributed by atoms with van der Waals surface area (Å²) in [5.41, 5.74) is 3.59. The van der Waals surface area contributed by atoms with Gasteiger partial charge in [-0.05, 0) is 64.2 Å². The van der Waals surface area contributed by atoms with Crippen LogP contribution < -0.4 is 4.74 Å². The van der Waals surface area contributed by atoms with Crippen LogP contribution in [-0.4, -0.2) is 6.61 Å². The standard InChI is InChI=1S/C25H32Br2O/c1-3-4-5-6-7-8-9-10-17-28-25-19-22(14-16-24(25)27)12-11-21-13-15-23(26)20(2)18-21/h11-16,18-19H,3-10,17H2,1-2H3/b12-11+. The van der Waals surface area contributed by atoms with E-state index in [4.69, 9.17) is 4.74 Å². The van der Waals surface area contributed by atoms with Crippen LogP contribution in [0.5, 0.6) is 5.75 Å². The fraction of sp³-hybridized carbons (Fsp3) is 0.440. The first-order valence-corrected chi connectivity index (χ1v) is 12.1. The molecule has 2 aromatic rings. The summed E-state index contributed by atoms with van der Waals surface area (Å²) >= 11 is 7.16. The summed E-state index contributed by atoms with van der Waals surface area (Å²) in [4.78, 5) is 0. The molecule has 2 rings (SSSR count). The van der Waals surface area contributed by atoms with Crippen molar-refractivity contribution in [1.29, 1.82) is 0 Å². The van der Waals surface area contributed by atoms with Crippen molar-refractivity contribution in [3.63, 3.8) is 0 Å². The molecule has 0 fully saturated rings. The Morgan fingerprint density at radius 2 is 1.32 bits per heavy atom. The molecule has 0 saturated heterocycles. The predicted molar refractivity (Wildman–Crippen MR) is 130 cm³/mol. The van der Waals surface area contributed by atoms with Gasteiger partial charge >= 0.3 is 0 Å². The number of aryl methyl sites for hydroxylation is 1. The highest BCUT2D eigenvalue weighted by Gasteiger charge is 2.02. The van der Waals surface area contributed by atoms with Crippen molar-refractivity contribution < 1.29 is 4.74 Å². The molecule has 0 bridgehead atoms. The highest BCUT2D eigenvalue weighted by atomic mass is 79.9. The molecule has 0 aromatic heterocycles. The normalized spacial score (nSPS) is 11.3. The zero-order chi connectivity index (χ0) is 20.2. The monoisotopic (exact) mass is 506 g/mol. The molecule has 0 aliphatic rings. The third-order valence-electron chi connectivity index (χ3n) is 4.86. The number of benzene rings is 2. The van der Waals surface area contributed by atoms with Crippen LogP contribution in [0.25, 0.3) is 12.2 Å². The van der Waals surface area contributed by atoms with Crippen molar-refractivity contribution in [2.24, 2.45) is 0 Å². The second-order valence-electron chi connectivity index (χ2n) is 7.36. The lowest BCUT2D eigenvalue weighted by molar-refractivity contribution is 0.302. The SMILES string of the molecule is CCCCCCCCCCOc1cc(/C=C/c2ccc(Br)c(C)c2)ccc1Br. The van der Waals surface area contributed by atoms with E-state index in [1.807, 2.05) is 0 Å². The minimum atomic E-state index is 0.784. The molecule has 3 heteroatoms. The maximum absolute atomic E-state index is 6.02. The highest BCUT2D eigenvalue weighted by molar-refractivity contribution is 9.10. The lowest BCUT2D eigenvalue weighted by Crippen LogP contribution is -1.98. The number of ether oxygens (including phenoxy) is 1. The van der Waals surface area contributed by atoms with Gasteiger partial charge in [0, 0.05) is 4.47 Å². The molecule has 0 heterocycles. The zero-order valence-corrected chi connectivity index (χ0v) is 20.3. The summed E-state index contributed by atoms with van der Waals surface area (Å²) in [5.74, 6) is 0.928. The van der Waals surface area contributed by atoms with Crippen LogP contribution in [0.2, 0.25) is 0 Å². The molecule has 2 aromatic carbocycles. The summed E-state index contributed by atoms with van der Waals surface area (Å²) < 4.78 is 8.18. The van der Waals surface area contributed by atoms with Gasteiger partial charge in [-0.1, -0.05) is 98.2 Å². The van der Waals surface area contributed by atoms with Crippen LogP contribution >= 0.6 is 31.9 Å². The molecule has 0 aliphatic carbocycles. The molecule has 0 atom stereocenters. The lowest BCUT2D eigenvalue weighted by atomic mass is 10.1. The summed E-state index contributed by atoms with van der Waals surface area (Å²) in [6.45, 7) is 5.16. The molecule has 152 valence electrons. The first-order valence-electron chi connectivity index (χ1n) is 10.5. The minimum absolute atomic E-state index is 0.784. The summed E-state index contributed by atoms with van der Waals surface area (Å²) in [7, 11) is 0. The van der Waals surface area contributed by atoms with Crippen molar-refractivity contribution in [1.82, 2.24) is 0 Å². The van der Waals surface area contributed by atoms with E-state index in [1.165, 1.54) is 56.1 Å². The average Bonchev–Trinajstić information content (AvgIpc) is 2.69. The largest absolute Gasteiger partial charge is 0.492 e. The fourth-order valence-corrected chi connectivity index (χ4v) is 3.72. The highest BCUT2D eigenvalue weighted by Crippen LogP contribution is 2.27. The molecule has 0 spiro atoms. The Kier molecular flexibility index (Phi) is 11.0. The van der Waals surface area contributed by atoms with Crippen molar-refractivity contribution in [3.8, 4) is 5.75 Å². The van der Waals surface area contributed by atoms with E-state index >= 15 is 0 Å². The van der Waals surface area contributed by atoms with E-state index < -0.39 is 0 Å². The average molecular weight is 508 g/mol. The van der Waals surface area contributed by atoms with Gasteiger partial charge in [-0.2, -0.15) is 0 Å². The number of unbranched alkanes of at least 4 members (excludes halogenated alkanes) is 7. The van der Waals surface area contributed by atoms with Gasteiger partial charge < -0.3 is 4.74 Å². The van der Waals surface area contributed by atoms with Gasteiger partial charge in [0.25, 0.3) is 0 Å². The van der Waals surface area contributed by atoms with Gasteiger partial charge in [-0.15, -0.1) is 0 Å². The number of hydrogen-bond donors (Lipinski definition) is 0. The Balaban J connectivity index is 1.79. The Hall–Kier alpha value is -1.06. The van der Waals surface area contributed by atoms with E-state index in [-0.39, 0.29) is 0 Å². The second-order valence-corrected chi connectivity index (χ2v) is 9.06. The Morgan fingerprint density at radius 3 is 1.96 bits per heavy atom. The van der Waals surface area contributed by atoms with Gasteiger partial charge in [0.05, 0.1) is 11.1 Å². The molecule has 0 unspecified atom stereocenters. The summed E-state index contributed by atoms with van der Waals surface area (Å²) in [6.07, 6.45) is 14.8. The summed E-state index contributed by atoms with van der Waals surface area (Å²) in [5, 5.41) is 0. The molecule has 0 aliphatic heterocycles. The fourth-order valence-electron chi connectivity index (χ4n) is 3.12. The molecule has 0 radical (unpaired) electrons. The van der Waals surface area contributed by atoms with Crippen molar-refractivity contribution in [3.05, 3.63) is 62.0 Å². The first kappa shape index (κ1) is 23.2. The van der Waals surface area contributed by atoms with Crippen molar-refractivity contribution in [2.75, 3.05) is 6.61 Å². The maximum Gasteiger partial charge on any atom is 0.134 e. The molecule has 1 nitrogen and oxygen atoms in total. The van der Waals surface area contributed by atoms with Crippen LogP contribution in [-0.2, 0) is 0 Å².